The van der Waals surface area contributed by atoms with Crippen LogP contribution in [0.3, 0.4) is 0 Å². The van der Waals surface area contributed by atoms with Crippen LogP contribution in [0.4, 0.5) is 0 Å². The molecule has 1 aliphatic rings. The van der Waals surface area contributed by atoms with E-state index in [1.165, 1.54) is 6.42 Å². The van der Waals surface area contributed by atoms with Gasteiger partial charge in [0, 0.05) is 18.9 Å². The minimum atomic E-state index is -0.0747. The summed E-state index contributed by atoms with van der Waals surface area (Å²) in [4.78, 5) is 0. The Labute approximate surface area is 78.4 Å². The number of aliphatic hydroxyl groups excluding tert-OH is 1. The van der Waals surface area contributed by atoms with Crippen molar-refractivity contribution in [3.05, 3.63) is 18.5 Å². The van der Waals surface area contributed by atoms with Crippen molar-refractivity contribution in [1.82, 2.24) is 9.78 Å². The molecule has 0 saturated heterocycles. The molecule has 1 aromatic rings. The fourth-order valence-corrected chi connectivity index (χ4v) is 2.10. The van der Waals surface area contributed by atoms with E-state index in [4.69, 9.17) is 0 Å². The van der Waals surface area contributed by atoms with Crippen molar-refractivity contribution >= 4 is 0 Å². The number of nitrogens with zero attached hydrogens (tertiary/aromatic N) is 2. The minimum absolute atomic E-state index is 0.0747. The van der Waals surface area contributed by atoms with Gasteiger partial charge in [0.25, 0.3) is 0 Å². The fraction of sp³-hybridized carbons (Fsp3) is 0.700. The molecule has 1 N–H and O–H groups in total. The van der Waals surface area contributed by atoms with Crippen molar-refractivity contribution in [3.63, 3.8) is 0 Å². The quantitative estimate of drug-likeness (QED) is 0.747. The van der Waals surface area contributed by atoms with Gasteiger partial charge in [0.05, 0.1) is 6.10 Å². The summed E-state index contributed by atoms with van der Waals surface area (Å²) < 4.78 is 1.96. The molecule has 2 atom stereocenters. The molecule has 0 spiro atoms. The molecule has 0 bridgehead atoms. The van der Waals surface area contributed by atoms with Gasteiger partial charge in [0.1, 0.15) is 0 Å². The topological polar surface area (TPSA) is 38.0 Å². The Kier molecular flexibility index (Phi) is 2.64. The van der Waals surface area contributed by atoms with Gasteiger partial charge in [-0.3, -0.25) is 4.68 Å². The Balaban J connectivity index is 1.87. The third-order valence-corrected chi connectivity index (χ3v) is 2.76. The third-order valence-electron chi connectivity index (χ3n) is 2.76. The summed E-state index contributed by atoms with van der Waals surface area (Å²) in [5.74, 6) is 0.614. The fourth-order valence-electron chi connectivity index (χ4n) is 2.10. The maximum Gasteiger partial charge on any atom is 0.0543 e. The second-order valence-corrected chi connectivity index (χ2v) is 3.91. The Bertz CT molecular complexity index is 245. The van der Waals surface area contributed by atoms with E-state index in [0.29, 0.717) is 5.92 Å². The van der Waals surface area contributed by atoms with E-state index in [0.717, 1.165) is 25.8 Å². The molecule has 3 heteroatoms. The number of hydrogen-bond acceptors (Lipinski definition) is 2. The smallest absolute Gasteiger partial charge is 0.0543 e. The van der Waals surface area contributed by atoms with Gasteiger partial charge in [-0.05, 0) is 31.2 Å². The largest absolute Gasteiger partial charge is 0.393 e. The molecule has 0 aliphatic heterocycles. The lowest BCUT2D eigenvalue weighted by Crippen LogP contribution is -2.23. The van der Waals surface area contributed by atoms with E-state index < -0.39 is 0 Å². The summed E-state index contributed by atoms with van der Waals surface area (Å²) in [6.07, 6.45) is 8.04. The van der Waals surface area contributed by atoms with E-state index in [9.17, 15) is 5.11 Å². The van der Waals surface area contributed by atoms with Gasteiger partial charge >= 0.3 is 0 Å². The van der Waals surface area contributed by atoms with E-state index in [1.807, 2.05) is 16.9 Å². The second kappa shape index (κ2) is 3.92. The van der Waals surface area contributed by atoms with Crippen molar-refractivity contribution in [1.29, 1.82) is 0 Å². The normalized spacial score (nSPS) is 29.0. The molecule has 1 aromatic heterocycles. The first-order chi connectivity index (χ1) is 6.34. The van der Waals surface area contributed by atoms with Crippen molar-refractivity contribution in [2.45, 2.75) is 38.3 Å². The number of hydrogen-bond donors (Lipinski definition) is 1. The Morgan fingerprint density at radius 2 is 2.38 bits per heavy atom. The molecule has 1 fully saturated rings. The molecule has 2 unspecified atom stereocenters. The molecule has 1 aliphatic carbocycles. The molecule has 1 heterocycles. The zero-order chi connectivity index (χ0) is 9.10. The Morgan fingerprint density at radius 1 is 1.46 bits per heavy atom. The predicted octanol–water partition coefficient (Wildman–Crippen LogP) is 1.43. The standard InChI is InChI=1S/C10H16N2O/c13-10-4-1-3-9(7-10)8-12-6-2-5-11-12/h2,5-6,9-10,13H,1,3-4,7-8H2. The Hall–Kier alpha value is -0.830. The lowest BCUT2D eigenvalue weighted by molar-refractivity contribution is 0.0941. The molecule has 0 aromatic carbocycles. The number of rotatable bonds is 2. The molecule has 72 valence electrons. The summed E-state index contributed by atoms with van der Waals surface area (Å²) >= 11 is 0. The molecule has 3 nitrogen and oxygen atoms in total. The first-order valence-electron chi connectivity index (χ1n) is 5.00. The van der Waals surface area contributed by atoms with Crippen LogP contribution < -0.4 is 0 Å². The van der Waals surface area contributed by atoms with E-state index in [-0.39, 0.29) is 6.10 Å². The van der Waals surface area contributed by atoms with Crippen LogP contribution in [0.1, 0.15) is 25.7 Å². The van der Waals surface area contributed by atoms with Crippen LogP contribution in [0.25, 0.3) is 0 Å². The van der Waals surface area contributed by atoms with Crippen molar-refractivity contribution < 1.29 is 5.11 Å². The van der Waals surface area contributed by atoms with Crippen LogP contribution in [-0.4, -0.2) is 21.0 Å². The zero-order valence-electron chi connectivity index (χ0n) is 7.76. The maximum absolute atomic E-state index is 9.48. The van der Waals surface area contributed by atoms with E-state index in [1.54, 1.807) is 6.20 Å². The average Bonchev–Trinajstić information content (AvgIpc) is 2.57. The SMILES string of the molecule is OC1CCCC(Cn2cccn2)C1. The average molecular weight is 180 g/mol. The van der Waals surface area contributed by atoms with E-state index in [2.05, 4.69) is 5.10 Å². The molecule has 13 heavy (non-hydrogen) atoms. The van der Waals surface area contributed by atoms with Crippen molar-refractivity contribution in [3.8, 4) is 0 Å². The lowest BCUT2D eigenvalue weighted by atomic mass is 9.87. The van der Waals surface area contributed by atoms with Gasteiger partial charge in [-0.15, -0.1) is 0 Å². The second-order valence-electron chi connectivity index (χ2n) is 3.91. The number of aromatic nitrogens is 2. The van der Waals surface area contributed by atoms with Crippen LogP contribution in [0.2, 0.25) is 0 Å². The first-order valence-corrected chi connectivity index (χ1v) is 5.00. The maximum atomic E-state index is 9.48. The highest BCUT2D eigenvalue weighted by molar-refractivity contribution is 4.80. The van der Waals surface area contributed by atoms with Gasteiger partial charge in [-0.1, -0.05) is 6.42 Å². The highest BCUT2D eigenvalue weighted by Gasteiger charge is 2.20. The van der Waals surface area contributed by atoms with Gasteiger partial charge < -0.3 is 5.11 Å². The zero-order valence-corrected chi connectivity index (χ0v) is 7.76. The van der Waals surface area contributed by atoms with Gasteiger partial charge in [0.2, 0.25) is 0 Å². The van der Waals surface area contributed by atoms with Crippen LogP contribution >= 0.6 is 0 Å². The van der Waals surface area contributed by atoms with Crippen LogP contribution in [0.15, 0.2) is 18.5 Å². The molecular formula is C10H16N2O. The van der Waals surface area contributed by atoms with Crippen LogP contribution in [0, 0.1) is 5.92 Å². The molecular weight excluding hydrogens is 164 g/mol. The van der Waals surface area contributed by atoms with Crippen molar-refractivity contribution in [2.24, 2.45) is 5.92 Å². The third kappa shape index (κ3) is 2.31. The summed E-state index contributed by atoms with van der Waals surface area (Å²) in [6.45, 7) is 0.962. The summed E-state index contributed by atoms with van der Waals surface area (Å²) in [7, 11) is 0. The molecule has 2 rings (SSSR count). The predicted molar refractivity (Wildman–Crippen MR) is 50.2 cm³/mol. The van der Waals surface area contributed by atoms with Crippen LogP contribution in [0.5, 0.6) is 0 Å². The highest BCUT2D eigenvalue weighted by atomic mass is 16.3. The minimum Gasteiger partial charge on any atom is -0.393 e. The summed E-state index contributed by atoms with van der Waals surface area (Å²) in [6, 6.07) is 1.94. The van der Waals surface area contributed by atoms with Gasteiger partial charge in [-0.25, -0.2) is 0 Å². The van der Waals surface area contributed by atoms with Gasteiger partial charge in [0.15, 0.2) is 0 Å². The highest BCUT2D eigenvalue weighted by Crippen LogP contribution is 2.25. The number of aliphatic hydroxyl groups is 1. The lowest BCUT2D eigenvalue weighted by Gasteiger charge is -2.25. The van der Waals surface area contributed by atoms with E-state index >= 15 is 0 Å². The molecule has 0 radical (unpaired) electrons. The summed E-state index contributed by atoms with van der Waals surface area (Å²) in [5.41, 5.74) is 0. The van der Waals surface area contributed by atoms with Crippen molar-refractivity contribution in [2.75, 3.05) is 0 Å². The Morgan fingerprint density at radius 3 is 3.08 bits per heavy atom. The first kappa shape index (κ1) is 8.75. The molecule has 1 saturated carbocycles. The summed E-state index contributed by atoms with van der Waals surface area (Å²) in [5, 5.41) is 13.6. The monoisotopic (exact) mass is 180 g/mol. The molecule has 0 amide bonds. The van der Waals surface area contributed by atoms with Crippen LogP contribution in [-0.2, 0) is 6.54 Å². The van der Waals surface area contributed by atoms with Gasteiger partial charge in [-0.2, -0.15) is 5.10 Å².